The average molecular weight is 321 g/mol. The quantitative estimate of drug-likeness (QED) is 0.789. The molecule has 2 unspecified atom stereocenters. The van der Waals surface area contributed by atoms with Gasteiger partial charge >= 0.3 is 6.03 Å². The van der Waals surface area contributed by atoms with Gasteiger partial charge in [-0.15, -0.1) is 0 Å². The zero-order chi connectivity index (χ0) is 16.7. The number of anilines is 1. The van der Waals surface area contributed by atoms with Crippen LogP contribution in [0.15, 0.2) is 24.3 Å². The highest BCUT2D eigenvalue weighted by molar-refractivity contribution is 5.90. The Bertz CT molecular complexity index is 500. The molecule has 2 amide bonds. The molecule has 1 fully saturated rings. The summed E-state index contributed by atoms with van der Waals surface area (Å²) in [5, 5.41) is 5.69. The lowest BCUT2D eigenvalue weighted by Gasteiger charge is -2.35. The lowest BCUT2D eigenvalue weighted by atomic mass is 10.2. The molecule has 1 heterocycles. The summed E-state index contributed by atoms with van der Waals surface area (Å²) in [5.74, 6) is 0.652. The van der Waals surface area contributed by atoms with Gasteiger partial charge in [0.2, 0.25) is 0 Å². The maximum Gasteiger partial charge on any atom is 0.319 e. The van der Waals surface area contributed by atoms with E-state index in [1.165, 1.54) is 0 Å². The van der Waals surface area contributed by atoms with Gasteiger partial charge in [-0.3, -0.25) is 4.90 Å². The first-order valence-corrected chi connectivity index (χ1v) is 8.14. The largest absolute Gasteiger partial charge is 0.495 e. The molecule has 0 saturated carbocycles. The Morgan fingerprint density at radius 1 is 1.30 bits per heavy atom. The van der Waals surface area contributed by atoms with Crippen LogP contribution in [0.25, 0.3) is 0 Å². The van der Waals surface area contributed by atoms with Crippen molar-refractivity contribution >= 4 is 11.7 Å². The van der Waals surface area contributed by atoms with E-state index in [0.29, 0.717) is 18.0 Å². The number of hydrogen-bond acceptors (Lipinski definition) is 4. The van der Waals surface area contributed by atoms with Gasteiger partial charge in [0.15, 0.2) is 0 Å². The molecule has 1 aromatic carbocycles. The fourth-order valence-corrected chi connectivity index (χ4v) is 2.89. The lowest BCUT2D eigenvalue weighted by Crippen LogP contribution is -2.46. The number of rotatable bonds is 6. The van der Waals surface area contributed by atoms with Gasteiger partial charge in [-0.1, -0.05) is 12.1 Å². The predicted molar refractivity (Wildman–Crippen MR) is 91.1 cm³/mol. The molecule has 2 rings (SSSR count). The molecule has 1 aliphatic rings. The number of methoxy groups -OCH3 is 1. The normalized spacial score (nSPS) is 21.7. The second-order valence-corrected chi connectivity index (χ2v) is 5.95. The maximum atomic E-state index is 11.9. The van der Waals surface area contributed by atoms with Crippen molar-refractivity contribution < 1.29 is 14.3 Å². The van der Waals surface area contributed by atoms with Gasteiger partial charge in [0.05, 0.1) is 25.0 Å². The van der Waals surface area contributed by atoms with Crippen LogP contribution in [-0.2, 0) is 4.74 Å². The minimum absolute atomic E-state index is 0.210. The minimum atomic E-state index is -0.210. The van der Waals surface area contributed by atoms with Crippen LogP contribution in [0.4, 0.5) is 10.5 Å². The van der Waals surface area contributed by atoms with Gasteiger partial charge in [0.25, 0.3) is 0 Å². The topological polar surface area (TPSA) is 62.8 Å². The van der Waals surface area contributed by atoms with Gasteiger partial charge in [-0.2, -0.15) is 0 Å². The number of urea groups is 1. The van der Waals surface area contributed by atoms with Crippen molar-refractivity contribution in [1.82, 2.24) is 10.2 Å². The third-order valence-corrected chi connectivity index (χ3v) is 3.79. The van der Waals surface area contributed by atoms with E-state index in [-0.39, 0.29) is 18.2 Å². The number of ether oxygens (including phenoxy) is 2. The van der Waals surface area contributed by atoms with Crippen molar-refractivity contribution in [1.29, 1.82) is 0 Å². The third-order valence-electron chi connectivity index (χ3n) is 3.79. The summed E-state index contributed by atoms with van der Waals surface area (Å²) in [6.45, 7) is 7.72. The molecule has 0 spiro atoms. The monoisotopic (exact) mass is 321 g/mol. The van der Waals surface area contributed by atoms with E-state index in [4.69, 9.17) is 9.47 Å². The van der Waals surface area contributed by atoms with E-state index in [2.05, 4.69) is 29.4 Å². The fraction of sp³-hybridized carbons (Fsp3) is 0.588. The number of carbonyl (C=O) groups is 1. The van der Waals surface area contributed by atoms with Gasteiger partial charge in [0.1, 0.15) is 5.75 Å². The predicted octanol–water partition coefficient (Wildman–Crippen LogP) is 2.32. The number of nitrogens with zero attached hydrogens (tertiary/aromatic N) is 1. The molecular formula is C17H27N3O3. The van der Waals surface area contributed by atoms with Crippen molar-refractivity contribution in [2.24, 2.45) is 0 Å². The molecule has 0 aromatic heterocycles. The van der Waals surface area contributed by atoms with E-state index in [1.54, 1.807) is 7.11 Å². The summed E-state index contributed by atoms with van der Waals surface area (Å²) >= 11 is 0. The number of amides is 2. The molecule has 2 N–H and O–H groups in total. The minimum Gasteiger partial charge on any atom is -0.495 e. The molecule has 128 valence electrons. The Labute approximate surface area is 138 Å². The van der Waals surface area contributed by atoms with E-state index in [1.807, 2.05) is 24.3 Å². The summed E-state index contributed by atoms with van der Waals surface area (Å²) in [4.78, 5) is 14.3. The molecule has 0 radical (unpaired) electrons. The van der Waals surface area contributed by atoms with Crippen molar-refractivity contribution in [2.75, 3.05) is 38.6 Å². The van der Waals surface area contributed by atoms with Gasteiger partial charge < -0.3 is 20.1 Å². The zero-order valence-electron chi connectivity index (χ0n) is 14.2. The second kappa shape index (κ2) is 8.74. The first-order valence-electron chi connectivity index (χ1n) is 8.14. The van der Waals surface area contributed by atoms with Crippen LogP contribution in [0, 0.1) is 0 Å². The van der Waals surface area contributed by atoms with Crippen LogP contribution in [0.5, 0.6) is 5.75 Å². The highest BCUT2D eigenvalue weighted by atomic mass is 16.5. The average Bonchev–Trinajstić information content (AvgIpc) is 2.51. The first-order chi connectivity index (χ1) is 11.1. The summed E-state index contributed by atoms with van der Waals surface area (Å²) in [6, 6.07) is 7.15. The number of morpholine rings is 1. The number of carbonyl (C=O) groups excluding carboxylic acids is 1. The van der Waals surface area contributed by atoms with Crippen LogP contribution < -0.4 is 15.4 Å². The van der Waals surface area contributed by atoms with E-state index in [0.717, 1.165) is 26.1 Å². The lowest BCUT2D eigenvalue weighted by molar-refractivity contribution is -0.0679. The van der Waals surface area contributed by atoms with Crippen LogP contribution in [0.1, 0.15) is 20.3 Å². The Hall–Kier alpha value is -1.79. The Morgan fingerprint density at radius 2 is 2.00 bits per heavy atom. The molecule has 0 aliphatic carbocycles. The highest BCUT2D eigenvalue weighted by Gasteiger charge is 2.21. The molecule has 6 heteroatoms. The Balaban J connectivity index is 1.67. The molecule has 0 bridgehead atoms. The number of nitrogens with one attached hydrogen (secondary N) is 2. The number of para-hydroxylation sites is 2. The molecule has 1 aliphatic heterocycles. The van der Waals surface area contributed by atoms with Crippen molar-refractivity contribution in [3.8, 4) is 5.75 Å². The molecule has 1 saturated heterocycles. The van der Waals surface area contributed by atoms with E-state index >= 15 is 0 Å². The maximum absolute atomic E-state index is 11.9. The summed E-state index contributed by atoms with van der Waals surface area (Å²) in [7, 11) is 1.59. The fourth-order valence-electron chi connectivity index (χ4n) is 2.89. The van der Waals surface area contributed by atoms with Crippen LogP contribution >= 0.6 is 0 Å². The highest BCUT2D eigenvalue weighted by Crippen LogP contribution is 2.22. The summed E-state index contributed by atoms with van der Waals surface area (Å²) in [5.41, 5.74) is 0.670. The van der Waals surface area contributed by atoms with Gasteiger partial charge in [-0.05, 0) is 32.4 Å². The van der Waals surface area contributed by atoms with Crippen molar-refractivity contribution in [3.63, 3.8) is 0 Å². The Kier molecular flexibility index (Phi) is 6.67. The molecule has 2 atom stereocenters. The van der Waals surface area contributed by atoms with Gasteiger partial charge in [0, 0.05) is 26.2 Å². The molecule has 23 heavy (non-hydrogen) atoms. The summed E-state index contributed by atoms with van der Waals surface area (Å²) in [6.07, 6.45) is 1.47. The van der Waals surface area contributed by atoms with E-state index < -0.39 is 0 Å². The SMILES string of the molecule is COc1ccccc1NC(=O)NCCCN1CC(C)OC(C)C1. The van der Waals surface area contributed by atoms with Crippen molar-refractivity contribution in [3.05, 3.63) is 24.3 Å². The van der Waals surface area contributed by atoms with Crippen LogP contribution in [-0.4, -0.2) is 56.4 Å². The number of hydrogen-bond donors (Lipinski definition) is 2. The number of benzene rings is 1. The molecule has 1 aromatic rings. The molecular weight excluding hydrogens is 294 g/mol. The third kappa shape index (κ3) is 5.73. The smallest absolute Gasteiger partial charge is 0.319 e. The van der Waals surface area contributed by atoms with Crippen LogP contribution in [0.3, 0.4) is 0 Å². The Morgan fingerprint density at radius 3 is 2.70 bits per heavy atom. The standard InChI is InChI=1S/C17H27N3O3/c1-13-11-20(12-14(2)23-13)10-6-9-18-17(21)19-15-7-4-5-8-16(15)22-3/h4-5,7-8,13-14H,6,9-12H2,1-3H3,(H2,18,19,21). The van der Waals surface area contributed by atoms with Gasteiger partial charge in [-0.25, -0.2) is 4.79 Å². The molecule has 6 nitrogen and oxygen atoms in total. The van der Waals surface area contributed by atoms with Crippen molar-refractivity contribution in [2.45, 2.75) is 32.5 Å². The summed E-state index contributed by atoms with van der Waals surface area (Å²) < 4.78 is 10.9. The first kappa shape index (κ1) is 17.6. The second-order valence-electron chi connectivity index (χ2n) is 5.95. The zero-order valence-corrected chi connectivity index (χ0v) is 14.2. The van der Waals surface area contributed by atoms with Crippen LogP contribution in [0.2, 0.25) is 0 Å². The van der Waals surface area contributed by atoms with E-state index in [9.17, 15) is 4.79 Å².